The van der Waals surface area contributed by atoms with Gasteiger partial charge in [-0.3, -0.25) is 4.90 Å². The first-order valence-corrected chi connectivity index (χ1v) is 13.4. The van der Waals surface area contributed by atoms with Gasteiger partial charge in [-0.15, -0.1) is 4.98 Å². The zero-order valence-corrected chi connectivity index (χ0v) is 22.0. The van der Waals surface area contributed by atoms with Gasteiger partial charge in [0.25, 0.3) is 5.82 Å². The smallest absolute Gasteiger partial charge is 0.271 e. The van der Waals surface area contributed by atoms with E-state index in [1.165, 1.54) is 6.07 Å². The zero-order chi connectivity index (χ0) is 26.8. The molecule has 0 saturated carbocycles. The fourth-order valence-corrected chi connectivity index (χ4v) is 5.16. The van der Waals surface area contributed by atoms with Crippen molar-refractivity contribution in [3.05, 3.63) is 82.2 Å². The third kappa shape index (κ3) is 5.86. The highest BCUT2D eigenvalue weighted by Crippen LogP contribution is 2.25. The number of ether oxygens (including phenoxy) is 2. The molecule has 1 aromatic carbocycles. The molecule has 200 valence electrons. The third-order valence-corrected chi connectivity index (χ3v) is 7.46. The summed E-state index contributed by atoms with van der Waals surface area (Å²) >= 11 is 5.86. The van der Waals surface area contributed by atoms with Crippen molar-refractivity contribution < 1.29 is 13.9 Å². The maximum absolute atomic E-state index is 14.2. The van der Waals surface area contributed by atoms with Crippen LogP contribution in [-0.2, 0) is 24.2 Å². The number of benzene rings is 1. The van der Waals surface area contributed by atoms with Crippen LogP contribution in [0.2, 0.25) is 5.02 Å². The van der Waals surface area contributed by atoms with E-state index in [9.17, 15) is 4.39 Å². The maximum Gasteiger partial charge on any atom is 0.271 e. The molecular formula is C28H27ClFN7O2. The lowest BCUT2D eigenvalue weighted by molar-refractivity contribution is -0.0592. The molecule has 2 aliphatic heterocycles. The molecule has 9 nitrogen and oxygen atoms in total. The van der Waals surface area contributed by atoms with Gasteiger partial charge in [0.15, 0.2) is 0 Å². The van der Waals surface area contributed by atoms with Gasteiger partial charge >= 0.3 is 0 Å². The van der Waals surface area contributed by atoms with Crippen molar-refractivity contribution in [1.29, 1.82) is 0 Å². The number of rotatable bonds is 8. The summed E-state index contributed by atoms with van der Waals surface area (Å²) in [5.41, 5.74) is 2.21. The fourth-order valence-electron chi connectivity index (χ4n) is 5.00. The molecule has 2 aliphatic rings. The van der Waals surface area contributed by atoms with Gasteiger partial charge in [0, 0.05) is 43.4 Å². The van der Waals surface area contributed by atoms with Crippen LogP contribution in [0.5, 0.6) is 5.88 Å². The quantitative estimate of drug-likeness (QED) is 0.287. The summed E-state index contributed by atoms with van der Waals surface area (Å²) in [4.78, 5) is 23.7. The van der Waals surface area contributed by atoms with Gasteiger partial charge in [-0.05, 0) is 43.0 Å². The van der Waals surface area contributed by atoms with Crippen LogP contribution in [-0.4, -0.2) is 61.3 Å². The van der Waals surface area contributed by atoms with E-state index in [0.717, 1.165) is 62.4 Å². The first-order valence-electron chi connectivity index (χ1n) is 13.0. The number of nitrogens with zero attached hydrogens (tertiary/aromatic N) is 7. The average molecular weight is 548 g/mol. The highest BCUT2D eigenvalue weighted by molar-refractivity contribution is 6.30. The van der Waals surface area contributed by atoms with Crippen LogP contribution in [0.3, 0.4) is 0 Å². The lowest BCUT2D eigenvalue weighted by atomic mass is 10.1. The second kappa shape index (κ2) is 11.2. The molecule has 0 bridgehead atoms. The maximum atomic E-state index is 14.2. The highest BCUT2D eigenvalue weighted by atomic mass is 35.5. The highest BCUT2D eigenvalue weighted by Gasteiger charge is 2.26. The molecule has 3 aromatic heterocycles. The Morgan fingerprint density at radius 1 is 1.13 bits per heavy atom. The minimum Gasteiger partial charge on any atom is -0.474 e. The molecule has 4 aromatic rings. The van der Waals surface area contributed by atoms with Crippen LogP contribution >= 0.6 is 11.6 Å². The molecule has 0 spiro atoms. The van der Waals surface area contributed by atoms with Crippen LogP contribution < -0.4 is 4.74 Å². The van der Waals surface area contributed by atoms with Crippen LogP contribution in [0.15, 0.2) is 42.7 Å². The topological polar surface area (TPSA) is 82.5 Å². The molecule has 5 heterocycles. The van der Waals surface area contributed by atoms with Crippen molar-refractivity contribution in [2.75, 3.05) is 19.7 Å². The molecule has 39 heavy (non-hydrogen) atoms. The molecule has 2 fully saturated rings. The molecular weight excluding hydrogens is 521 g/mol. The summed E-state index contributed by atoms with van der Waals surface area (Å²) in [5.74, 6) is 1.93. The Balaban J connectivity index is 1.08. The van der Waals surface area contributed by atoms with Gasteiger partial charge in [0.1, 0.15) is 35.3 Å². The van der Waals surface area contributed by atoms with Crippen molar-refractivity contribution in [3.8, 4) is 5.88 Å². The Morgan fingerprint density at radius 3 is 2.72 bits per heavy atom. The van der Waals surface area contributed by atoms with E-state index in [-0.39, 0.29) is 24.4 Å². The molecule has 0 N–H and O–H groups in total. The Kier molecular flexibility index (Phi) is 7.37. The standard InChI is InChI=1S/C28H27ClFN7O2/c1-31-25-14-23-24(15-33-25)37(16-21-7-11-38-21)27(34-23)17-36-9-5-20(6-10-36)39-28-4-8-32-26(35-28)12-18-2-3-19(29)13-22(18)30/h2-4,8,13-15,20-21H,5-7,9-12,16-17H2/t21-/m0/s1. The van der Waals surface area contributed by atoms with Crippen LogP contribution in [0.25, 0.3) is 15.9 Å². The molecule has 6 rings (SSSR count). The Labute approximate surface area is 230 Å². The van der Waals surface area contributed by atoms with Gasteiger partial charge in [0.2, 0.25) is 5.88 Å². The third-order valence-electron chi connectivity index (χ3n) is 7.22. The minimum atomic E-state index is -0.373. The molecule has 11 heteroatoms. The summed E-state index contributed by atoms with van der Waals surface area (Å²) in [6.45, 7) is 11.2. The monoisotopic (exact) mass is 547 g/mol. The van der Waals surface area contributed by atoms with E-state index >= 15 is 0 Å². The van der Waals surface area contributed by atoms with E-state index < -0.39 is 0 Å². The predicted octanol–water partition coefficient (Wildman–Crippen LogP) is 4.99. The number of hydrogen-bond donors (Lipinski definition) is 0. The number of aromatic nitrogens is 5. The summed E-state index contributed by atoms with van der Waals surface area (Å²) in [6, 6.07) is 8.10. The van der Waals surface area contributed by atoms with Gasteiger partial charge in [-0.1, -0.05) is 24.2 Å². The van der Waals surface area contributed by atoms with E-state index in [1.807, 2.05) is 0 Å². The van der Waals surface area contributed by atoms with Gasteiger partial charge in [-0.25, -0.2) is 14.4 Å². The number of hydrogen-bond acceptors (Lipinski definition) is 7. The number of pyridine rings is 1. The molecule has 0 aliphatic carbocycles. The number of imidazole rings is 1. The van der Waals surface area contributed by atoms with Crippen molar-refractivity contribution in [2.45, 2.75) is 51.0 Å². The molecule has 1 atom stereocenters. The molecule has 0 unspecified atom stereocenters. The summed E-state index contributed by atoms with van der Waals surface area (Å²) in [6.07, 6.45) is 6.60. The van der Waals surface area contributed by atoms with E-state index in [2.05, 4.69) is 29.3 Å². The van der Waals surface area contributed by atoms with Crippen LogP contribution in [0.1, 0.15) is 36.5 Å². The van der Waals surface area contributed by atoms with Gasteiger partial charge in [-0.2, -0.15) is 4.98 Å². The zero-order valence-electron chi connectivity index (χ0n) is 21.3. The Bertz CT molecular complexity index is 1530. The number of likely N-dealkylation sites (tertiary alicyclic amines) is 1. The first kappa shape index (κ1) is 25.6. The second-order valence-electron chi connectivity index (χ2n) is 9.88. The largest absolute Gasteiger partial charge is 0.474 e. The first-order chi connectivity index (χ1) is 19.0. The van der Waals surface area contributed by atoms with Crippen LogP contribution in [0.4, 0.5) is 10.2 Å². The number of halogens is 2. The van der Waals surface area contributed by atoms with Crippen molar-refractivity contribution in [3.63, 3.8) is 0 Å². The number of fused-ring (bicyclic) bond motifs is 1. The fraction of sp³-hybridized carbons (Fsp3) is 0.393. The summed E-state index contributed by atoms with van der Waals surface area (Å²) in [7, 11) is 0. The van der Waals surface area contributed by atoms with E-state index in [4.69, 9.17) is 32.6 Å². The van der Waals surface area contributed by atoms with Crippen molar-refractivity contribution >= 4 is 28.5 Å². The summed E-state index contributed by atoms with van der Waals surface area (Å²) in [5, 5.41) is 0.358. The lowest BCUT2D eigenvalue weighted by Crippen LogP contribution is -2.39. The molecule has 0 amide bonds. The predicted molar refractivity (Wildman–Crippen MR) is 143 cm³/mol. The minimum absolute atomic E-state index is 0.0314. The lowest BCUT2D eigenvalue weighted by Gasteiger charge is -2.32. The Morgan fingerprint density at radius 2 is 1.97 bits per heavy atom. The van der Waals surface area contributed by atoms with Crippen molar-refractivity contribution in [1.82, 2.24) is 29.4 Å². The second-order valence-corrected chi connectivity index (χ2v) is 10.3. The normalized spacial score (nSPS) is 18.1. The van der Waals surface area contributed by atoms with Crippen molar-refractivity contribution in [2.24, 2.45) is 0 Å². The van der Waals surface area contributed by atoms with Crippen LogP contribution in [0, 0.1) is 12.4 Å². The average Bonchev–Trinajstić information content (AvgIpc) is 3.25. The van der Waals surface area contributed by atoms with E-state index in [0.29, 0.717) is 34.7 Å². The number of piperidine rings is 1. The SMILES string of the molecule is [C-]#[N+]c1cc2nc(CN3CCC(Oc4ccnc(Cc5ccc(Cl)cc5F)n4)CC3)n(C[C@@H]3CCO3)c2cn1. The van der Waals surface area contributed by atoms with Gasteiger partial charge in [0.05, 0.1) is 24.7 Å². The molecule has 2 saturated heterocycles. The summed E-state index contributed by atoms with van der Waals surface area (Å²) < 4.78 is 28.3. The molecule has 0 radical (unpaired) electrons. The van der Waals surface area contributed by atoms with E-state index in [1.54, 1.807) is 36.7 Å². The van der Waals surface area contributed by atoms with Gasteiger partial charge < -0.3 is 18.9 Å². The Hall–Kier alpha value is -3.65.